The zero-order chi connectivity index (χ0) is 14.8. The zero-order valence-corrected chi connectivity index (χ0v) is 12.1. The van der Waals surface area contributed by atoms with Gasteiger partial charge in [0.25, 0.3) is 0 Å². The molecular formula is C16H20N2O2. The molecule has 2 rings (SSSR count). The van der Waals surface area contributed by atoms with Gasteiger partial charge in [0.05, 0.1) is 12.6 Å². The highest BCUT2D eigenvalue weighted by molar-refractivity contribution is 5.89. The first-order chi connectivity index (χ1) is 9.43. The summed E-state index contributed by atoms with van der Waals surface area (Å²) in [5.41, 5.74) is 5.85. The maximum atomic E-state index is 11.9. The second-order valence-corrected chi connectivity index (χ2v) is 5.37. The van der Waals surface area contributed by atoms with Crippen molar-refractivity contribution in [2.75, 3.05) is 7.11 Å². The van der Waals surface area contributed by atoms with Gasteiger partial charge in [0, 0.05) is 12.1 Å². The summed E-state index contributed by atoms with van der Waals surface area (Å²) in [4.78, 5) is 11.9. The van der Waals surface area contributed by atoms with Gasteiger partial charge in [-0.15, -0.1) is 0 Å². The Bertz CT molecular complexity index is 630. The van der Waals surface area contributed by atoms with Crippen LogP contribution in [0.1, 0.15) is 19.4 Å². The van der Waals surface area contributed by atoms with Crippen molar-refractivity contribution in [2.45, 2.75) is 25.9 Å². The van der Waals surface area contributed by atoms with E-state index in [2.05, 4.69) is 5.32 Å². The van der Waals surface area contributed by atoms with Crippen molar-refractivity contribution in [3.05, 3.63) is 42.0 Å². The average molecular weight is 272 g/mol. The van der Waals surface area contributed by atoms with Gasteiger partial charge in [-0.1, -0.05) is 30.3 Å². The number of fused-ring (bicyclic) bond motifs is 1. The molecule has 0 aliphatic rings. The summed E-state index contributed by atoms with van der Waals surface area (Å²) in [5.74, 6) is 0.575. The first kappa shape index (κ1) is 14.3. The van der Waals surface area contributed by atoms with Crippen LogP contribution in [0.25, 0.3) is 10.8 Å². The van der Waals surface area contributed by atoms with Gasteiger partial charge in [0.2, 0.25) is 5.91 Å². The van der Waals surface area contributed by atoms with Gasteiger partial charge in [-0.3, -0.25) is 4.79 Å². The van der Waals surface area contributed by atoms with E-state index in [1.807, 2.05) is 36.4 Å². The van der Waals surface area contributed by atoms with Gasteiger partial charge >= 0.3 is 0 Å². The standard InChI is InChI=1S/C16H20N2O2/c1-16(2,17)15(19)18-10-13-12-7-5-4-6-11(12)8-9-14(13)20-3/h4-9H,10,17H2,1-3H3,(H,18,19). The van der Waals surface area contributed by atoms with Crippen molar-refractivity contribution < 1.29 is 9.53 Å². The minimum atomic E-state index is -0.891. The lowest BCUT2D eigenvalue weighted by Gasteiger charge is -2.19. The largest absolute Gasteiger partial charge is 0.496 e. The van der Waals surface area contributed by atoms with E-state index in [1.54, 1.807) is 21.0 Å². The number of amides is 1. The van der Waals surface area contributed by atoms with Crippen LogP contribution in [0, 0.1) is 0 Å². The summed E-state index contributed by atoms with van der Waals surface area (Å²) in [6.45, 7) is 3.76. The fourth-order valence-electron chi connectivity index (χ4n) is 2.09. The first-order valence-electron chi connectivity index (χ1n) is 6.55. The number of ether oxygens (including phenoxy) is 1. The van der Waals surface area contributed by atoms with Crippen LogP contribution in [0.2, 0.25) is 0 Å². The highest BCUT2D eigenvalue weighted by Crippen LogP contribution is 2.27. The van der Waals surface area contributed by atoms with Gasteiger partial charge in [-0.25, -0.2) is 0 Å². The van der Waals surface area contributed by atoms with Gasteiger partial charge < -0.3 is 15.8 Å². The average Bonchev–Trinajstić information content (AvgIpc) is 2.43. The molecule has 0 fully saturated rings. The van der Waals surface area contributed by atoms with E-state index < -0.39 is 5.54 Å². The van der Waals surface area contributed by atoms with E-state index in [1.165, 1.54) is 0 Å². The van der Waals surface area contributed by atoms with Crippen LogP contribution in [0.4, 0.5) is 0 Å². The topological polar surface area (TPSA) is 64.3 Å². The molecule has 106 valence electrons. The van der Waals surface area contributed by atoms with Gasteiger partial charge in [-0.2, -0.15) is 0 Å². The molecule has 0 bridgehead atoms. The van der Waals surface area contributed by atoms with Crippen molar-refractivity contribution in [1.82, 2.24) is 5.32 Å². The van der Waals surface area contributed by atoms with E-state index in [9.17, 15) is 4.79 Å². The first-order valence-corrected chi connectivity index (χ1v) is 6.55. The summed E-state index contributed by atoms with van der Waals surface area (Å²) in [6.07, 6.45) is 0. The van der Waals surface area contributed by atoms with Crippen molar-refractivity contribution in [3.63, 3.8) is 0 Å². The van der Waals surface area contributed by atoms with Crippen LogP contribution in [0.5, 0.6) is 5.75 Å². The predicted octanol–water partition coefficient (Wildman–Crippen LogP) is 2.20. The Morgan fingerprint density at radius 2 is 1.95 bits per heavy atom. The highest BCUT2D eigenvalue weighted by atomic mass is 16.5. The number of methoxy groups -OCH3 is 1. The summed E-state index contributed by atoms with van der Waals surface area (Å²) in [7, 11) is 1.63. The van der Waals surface area contributed by atoms with Gasteiger partial charge in [0.1, 0.15) is 5.75 Å². The highest BCUT2D eigenvalue weighted by Gasteiger charge is 2.22. The Kier molecular flexibility index (Phi) is 3.95. The molecule has 0 saturated carbocycles. The third-order valence-corrected chi connectivity index (χ3v) is 3.23. The van der Waals surface area contributed by atoms with Crippen LogP contribution in [0.3, 0.4) is 0 Å². The van der Waals surface area contributed by atoms with Crippen LogP contribution in [-0.2, 0) is 11.3 Å². The maximum Gasteiger partial charge on any atom is 0.239 e. The molecule has 2 aromatic carbocycles. The summed E-state index contributed by atoms with van der Waals surface area (Å²) >= 11 is 0. The molecule has 0 heterocycles. The number of benzene rings is 2. The van der Waals surface area contributed by atoms with Gasteiger partial charge in [0.15, 0.2) is 0 Å². The number of nitrogens with one attached hydrogen (secondary N) is 1. The van der Waals surface area contributed by atoms with Crippen LogP contribution < -0.4 is 15.8 Å². The fraction of sp³-hybridized carbons (Fsp3) is 0.312. The second kappa shape index (κ2) is 5.51. The van der Waals surface area contributed by atoms with Gasteiger partial charge in [-0.05, 0) is 30.7 Å². The molecule has 0 aliphatic heterocycles. The number of rotatable bonds is 4. The zero-order valence-electron chi connectivity index (χ0n) is 12.1. The van der Waals surface area contributed by atoms with E-state index >= 15 is 0 Å². The summed E-state index contributed by atoms with van der Waals surface area (Å²) in [5, 5.41) is 5.05. The lowest BCUT2D eigenvalue weighted by molar-refractivity contribution is -0.125. The Morgan fingerprint density at radius 1 is 1.25 bits per heavy atom. The minimum absolute atomic E-state index is 0.188. The third-order valence-electron chi connectivity index (χ3n) is 3.23. The SMILES string of the molecule is COc1ccc2ccccc2c1CNC(=O)C(C)(C)N. The smallest absolute Gasteiger partial charge is 0.239 e. The summed E-state index contributed by atoms with van der Waals surface area (Å²) in [6, 6.07) is 11.9. The molecule has 0 saturated heterocycles. The van der Waals surface area contributed by atoms with Crippen LogP contribution in [-0.4, -0.2) is 18.6 Å². The molecule has 20 heavy (non-hydrogen) atoms. The molecule has 0 radical (unpaired) electrons. The third kappa shape index (κ3) is 2.91. The molecule has 0 atom stereocenters. The fourth-order valence-corrected chi connectivity index (χ4v) is 2.09. The second-order valence-electron chi connectivity index (χ2n) is 5.37. The predicted molar refractivity (Wildman–Crippen MR) is 80.6 cm³/mol. The van der Waals surface area contributed by atoms with E-state index in [4.69, 9.17) is 10.5 Å². The number of hydrogen-bond acceptors (Lipinski definition) is 3. The van der Waals surface area contributed by atoms with Crippen LogP contribution in [0.15, 0.2) is 36.4 Å². The van der Waals surface area contributed by atoms with Crippen LogP contribution >= 0.6 is 0 Å². The normalized spacial score (nSPS) is 11.4. The lowest BCUT2D eigenvalue weighted by Crippen LogP contribution is -2.48. The minimum Gasteiger partial charge on any atom is -0.496 e. The molecule has 1 amide bonds. The molecule has 0 unspecified atom stereocenters. The monoisotopic (exact) mass is 272 g/mol. The molecule has 2 aromatic rings. The Morgan fingerprint density at radius 3 is 2.60 bits per heavy atom. The Labute approximate surface area is 118 Å². The lowest BCUT2D eigenvalue weighted by atomic mass is 10.0. The van der Waals surface area contributed by atoms with Crippen molar-refractivity contribution >= 4 is 16.7 Å². The maximum absolute atomic E-state index is 11.9. The Balaban J connectivity index is 2.35. The van der Waals surface area contributed by atoms with Crippen molar-refractivity contribution in [3.8, 4) is 5.75 Å². The molecule has 0 aromatic heterocycles. The number of carbonyl (C=O) groups is 1. The number of carbonyl (C=O) groups excluding carboxylic acids is 1. The molecule has 4 heteroatoms. The molecule has 0 aliphatic carbocycles. The number of hydrogen-bond donors (Lipinski definition) is 2. The molecule has 4 nitrogen and oxygen atoms in total. The molecule has 0 spiro atoms. The van der Waals surface area contributed by atoms with Crippen molar-refractivity contribution in [2.24, 2.45) is 5.73 Å². The van der Waals surface area contributed by atoms with E-state index in [0.29, 0.717) is 6.54 Å². The quantitative estimate of drug-likeness (QED) is 0.896. The van der Waals surface area contributed by atoms with E-state index in [0.717, 1.165) is 22.1 Å². The Hall–Kier alpha value is -2.07. The van der Waals surface area contributed by atoms with E-state index in [-0.39, 0.29) is 5.91 Å². The van der Waals surface area contributed by atoms with Crippen molar-refractivity contribution in [1.29, 1.82) is 0 Å². The molecule has 3 N–H and O–H groups in total. The summed E-state index contributed by atoms with van der Waals surface area (Å²) < 4.78 is 5.39. The molecular weight excluding hydrogens is 252 g/mol. The number of nitrogens with two attached hydrogens (primary N) is 1.